The van der Waals surface area contributed by atoms with Gasteiger partial charge in [-0.2, -0.15) is 4.89 Å². The normalized spacial score (nSPS) is 18.9. The third kappa shape index (κ3) is 2.79. The second-order valence-electron chi connectivity index (χ2n) is 4.26. The monoisotopic (exact) mass is 233 g/mol. The summed E-state index contributed by atoms with van der Waals surface area (Å²) < 4.78 is 0. The topological polar surface area (TPSA) is 21.7 Å². The number of hydrogen-bond donors (Lipinski definition) is 0. The van der Waals surface area contributed by atoms with Gasteiger partial charge >= 0.3 is 0 Å². The second kappa shape index (κ2) is 6.03. The number of hydrogen-bond acceptors (Lipinski definition) is 3. The van der Waals surface area contributed by atoms with Crippen molar-refractivity contribution in [3.63, 3.8) is 0 Å². The third-order valence-electron chi connectivity index (χ3n) is 2.89. The smallest absolute Gasteiger partial charge is 0.211 e. The molecule has 1 aromatic carbocycles. The van der Waals surface area contributed by atoms with E-state index in [1.54, 1.807) is 0 Å². The minimum atomic E-state index is 0.0832. The van der Waals surface area contributed by atoms with Gasteiger partial charge in [0.2, 0.25) is 6.61 Å². The molecule has 0 amide bonds. The van der Waals surface area contributed by atoms with Crippen LogP contribution in [0.25, 0.3) is 0 Å². The van der Waals surface area contributed by atoms with Gasteiger partial charge in [-0.3, -0.25) is 4.90 Å². The minimum absolute atomic E-state index is 0.0832. The van der Waals surface area contributed by atoms with Crippen LogP contribution in [0.3, 0.4) is 0 Å². The molecule has 0 spiro atoms. The van der Waals surface area contributed by atoms with E-state index >= 15 is 0 Å². The van der Waals surface area contributed by atoms with Crippen LogP contribution in [0, 0.1) is 6.61 Å². The van der Waals surface area contributed by atoms with Crippen LogP contribution in [0.1, 0.15) is 38.3 Å². The van der Waals surface area contributed by atoms with E-state index in [9.17, 15) is 0 Å². The Kier molecular flexibility index (Phi) is 4.40. The molecule has 3 heteroatoms. The van der Waals surface area contributed by atoms with Gasteiger partial charge in [-0.25, -0.2) is 0 Å². The Morgan fingerprint density at radius 1 is 1.18 bits per heavy atom. The number of rotatable bonds is 5. The van der Waals surface area contributed by atoms with Crippen LogP contribution in [0.4, 0.5) is 0 Å². The number of fused-ring (bicyclic) bond motifs is 1. The van der Waals surface area contributed by atoms with E-state index in [2.05, 4.69) is 31.4 Å². The van der Waals surface area contributed by atoms with Gasteiger partial charge in [0.05, 0.1) is 6.04 Å². The van der Waals surface area contributed by atoms with E-state index in [4.69, 9.17) is 9.78 Å². The van der Waals surface area contributed by atoms with Gasteiger partial charge in [0.25, 0.3) is 0 Å². The molecule has 1 aromatic rings. The SMILES string of the molecule is CCCN(CCC)C1[C]OOc2ccccc21. The minimum Gasteiger partial charge on any atom is -0.336 e. The summed E-state index contributed by atoms with van der Waals surface area (Å²) in [6.07, 6.45) is 2.25. The molecule has 3 nitrogen and oxygen atoms in total. The lowest BCUT2D eigenvalue weighted by molar-refractivity contribution is -0.197. The highest BCUT2D eigenvalue weighted by Gasteiger charge is 2.28. The van der Waals surface area contributed by atoms with Crippen LogP contribution in [0.15, 0.2) is 24.3 Å². The Morgan fingerprint density at radius 3 is 2.59 bits per heavy atom. The van der Waals surface area contributed by atoms with Crippen molar-refractivity contribution in [2.45, 2.75) is 32.7 Å². The maximum Gasteiger partial charge on any atom is 0.211 e. The van der Waals surface area contributed by atoms with Gasteiger partial charge in [0.15, 0.2) is 5.75 Å². The molecular formula is C14H19NO2. The molecule has 0 N–H and O–H groups in total. The number of para-hydroxylation sites is 1. The van der Waals surface area contributed by atoms with E-state index in [1.165, 1.54) is 0 Å². The highest BCUT2D eigenvalue weighted by Crippen LogP contribution is 2.35. The predicted molar refractivity (Wildman–Crippen MR) is 66.3 cm³/mol. The number of benzene rings is 1. The molecule has 1 aliphatic heterocycles. The zero-order valence-corrected chi connectivity index (χ0v) is 10.5. The van der Waals surface area contributed by atoms with E-state index in [-0.39, 0.29) is 6.04 Å². The molecular weight excluding hydrogens is 214 g/mol. The fourth-order valence-corrected chi connectivity index (χ4v) is 2.18. The van der Waals surface area contributed by atoms with Gasteiger partial charge in [-0.15, -0.1) is 0 Å². The van der Waals surface area contributed by atoms with Crippen molar-refractivity contribution in [1.82, 2.24) is 4.90 Å². The maximum absolute atomic E-state index is 5.12. The molecule has 1 unspecified atom stereocenters. The van der Waals surface area contributed by atoms with Crippen molar-refractivity contribution in [1.29, 1.82) is 0 Å². The van der Waals surface area contributed by atoms with Gasteiger partial charge < -0.3 is 4.89 Å². The zero-order valence-electron chi connectivity index (χ0n) is 10.5. The first-order valence-electron chi connectivity index (χ1n) is 6.28. The molecule has 0 bridgehead atoms. The molecule has 0 aliphatic carbocycles. The number of nitrogens with zero attached hydrogens (tertiary/aromatic N) is 1. The third-order valence-corrected chi connectivity index (χ3v) is 2.89. The van der Waals surface area contributed by atoms with E-state index in [1.807, 2.05) is 18.2 Å². The van der Waals surface area contributed by atoms with Crippen molar-refractivity contribution in [3.05, 3.63) is 36.4 Å². The first kappa shape index (κ1) is 12.4. The molecule has 2 radical (unpaired) electrons. The summed E-state index contributed by atoms with van der Waals surface area (Å²) >= 11 is 0. The second-order valence-corrected chi connectivity index (χ2v) is 4.26. The lowest BCUT2D eigenvalue weighted by Gasteiger charge is -2.33. The fourth-order valence-electron chi connectivity index (χ4n) is 2.18. The lowest BCUT2D eigenvalue weighted by atomic mass is 10.0. The molecule has 0 saturated heterocycles. The largest absolute Gasteiger partial charge is 0.336 e. The average molecular weight is 233 g/mol. The standard InChI is InChI=1S/C14H19NO2/c1-3-9-15(10-4-2)13-11-16-17-14-8-6-5-7-12(13)14/h5-8,13H,3-4,9-10H2,1-2H3. The van der Waals surface area contributed by atoms with Crippen molar-refractivity contribution in [3.8, 4) is 5.75 Å². The maximum atomic E-state index is 5.12. The van der Waals surface area contributed by atoms with E-state index < -0.39 is 0 Å². The predicted octanol–water partition coefficient (Wildman–Crippen LogP) is 3.21. The van der Waals surface area contributed by atoms with Gasteiger partial charge in [-0.1, -0.05) is 32.0 Å². The summed E-state index contributed by atoms with van der Waals surface area (Å²) in [5, 5.41) is 0. The van der Waals surface area contributed by atoms with Crippen molar-refractivity contribution in [2.75, 3.05) is 13.1 Å². The van der Waals surface area contributed by atoms with E-state index in [0.29, 0.717) is 0 Å². The summed E-state index contributed by atoms with van der Waals surface area (Å²) in [6.45, 7) is 9.42. The molecule has 0 fully saturated rings. The van der Waals surface area contributed by atoms with Crippen LogP contribution in [-0.2, 0) is 4.89 Å². The van der Waals surface area contributed by atoms with Gasteiger partial charge in [0, 0.05) is 5.56 Å². The molecule has 0 saturated carbocycles. The van der Waals surface area contributed by atoms with Crippen LogP contribution >= 0.6 is 0 Å². The molecule has 92 valence electrons. The first-order chi connectivity index (χ1) is 8.36. The molecule has 1 aliphatic rings. The fraction of sp³-hybridized carbons (Fsp3) is 0.500. The molecule has 2 rings (SSSR count). The Balaban J connectivity index is 2.20. The summed E-state index contributed by atoms with van der Waals surface area (Å²) in [7, 11) is 0. The van der Waals surface area contributed by atoms with Crippen LogP contribution in [-0.4, -0.2) is 18.0 Å². The average Bonchev–Trinajstić information content (AvgIpc) is 2.38. The van der Waals surface area contributed by atoms with Gasteiger partial charge in [-0.05, 0) is 32.0 Å². The Hall–Kier alpha value is -1.06. The molecule has 17 heavy (non-hydrogen) atoms. The lowest BCUT2D eigenvalue weighted by Crippen LogP contribution is -2.33. The first-order valence-corrected chi connectivity index (χ1v) is 6.28. The summed E-state index contributed by atoms with van der Waals surface area (Å²) in [4.78, 5) is 12.5. The molecule has 0 aromatic heterocycles. The zero-order chi connectivity index (χ0) is 12.1. The van der Waals surface area contributed by atoms with Crippen LogP contribution in [0.5, 0.6) is 5.75 Å². The summed E-state index contributed by atoms with van der Waals surface area (Å²) in [5.41, 5.74) is 1.14. The van der Waals surface area contributed by atoms with Gasteiger partial charge in [0.1, 0.15) is 0 Å². The Labute approximate surface area is 103 Å². The summed E-state index contributed by atoms with van der Waals surface area (Å²) in [5.74, 6) is 0.799. The van der Waals surface area contributed by atoms with E-state index in [0.717, 1.165) is 37.2 Å². The highest BCUT2D eigenvalue weighted by atomic mass is 17.2. The summed E-state index contributed by atoms with van der Waals surface area (Å²) in [6, 6.07) is 8.07. The highest BCUT2D eigenvalue weighted by molar-refractivity contribution is 5.37. The van der Waals surface area contributed by atoms with Crippen molar-refractivity contribution < 1.29 is 9.78 Å². The van der Waals surface area contributed by atoms with Crippen LogP contribution in [0.2, 0.25) is 0 Å². The molecule has 1 heterocycles. The molecule has 1 atom stereocenters. The van der Waals surface area contributed by atoms with Crippen molar-refractivity contribution >= 4 is 0 Å². The van der Waals surface area contributed by atoms with Crippen LogP contribution < -0.4 is 4.89 Å². The Morgan fingerprint density at radius 2 is 1.88 bits per heavy atom. The quantitative estimate of drug-likeness (QED) is 0.729. The Bertz CT molecular complexity index is 348. The van der Waals surface area contributed by atoms with Crippen molar-refractivity contribution in [2.24, 2.45) is 0 Å².